The van der Waals surface area contributed by atoms with Gasteiger partial charge in [-0.3, -0.25) is 0 Å². The highest BCUT2D eigenvalue weighted by molar-refractivity contribution is 7.05. The minimum absolute atomic E-state index is 0.0504. The molecule has 0 unspecified atom stereocenters. The Hall–Kier alpha value is -2.29. The highest BCUT2D eigenvalue weighted by atomic mass is 32.1. The second-order valence-electron chi connectivity index (χ2n) is 5.28. The van der Waals surface area contributed by atoms with Gasteiger partial charge in [-0.1, -0.05) is 4.49 Å². The summed E-state index contributed by atoms with van der Waals surface area (Å²) in [5.41, 5.74) is 0.866. The first kappa shape index (κ1) is 15.6. The molecule has 23 heavy (non-hydrogen) atoms. The van der Waals surface area contributed by atoms with Gasteiger partial charge in [-0.25, -0.2) is 14.8 Å². The van der Waals surface area contributed by atoms with Gasteiger partial charge in [0.05, 0.1) is 17.1 Å². The SMILES string of the molecule is Cc1nnsc1CNC(=O)N1CCC(Oc2ncccn2)CC1. The van der Waals surface area contributed by atoms with E-state index in [1.807, 2.05) is 6.92 Å². The number of likely N-dealkylation sites (tertiary alicyclic amines) is 1. The number of aromatic nitrogens is 4. The van der Waals surface area contributed by atoms with Crippen LogP contribution < -0.4 is 10.1 Å². The zero-order chi connectivity index (χ0) is 16.1. The van der Waals surface area contributed by atoms with Crippen LogP contribution >= 0.6 is 11.5 Å². The molecule has 0 saturated carbocycles. The Labute approximate surface area is 138 Å². The van der Waals surface area contributed by atoms with Gasteiger partial charge in [-0.15, -0.1) is 5.10 Å². The van der Waals surface area contributed by atoms with Crippen molar-refractivity contribution in [2.45, 2.75) is 32.4 Å². The Morgan fingerprint density at radius 1 is 1.39 bits per heavy atom. The van der Waals surface area contributed by atoms with Gasteiger partial charge in [-0.2, -0.15) is 0 Å². The predicted molar refractivity (Wildman–Crippen MR) is 84.1 cm³/mol. The summed E-state index contributed by atoms with van der Waals surface area (Å²) in [6.45, 7) is 3.67. The molecule has 0 aliphatic carbocycles. The van der Waals surface area contributed by atoms with Crippen LogP contribution in [0.5, 0.6) is 6.01 Å². The largest absolute Gasteiger partial charge is 0.460 e. The number of piperidine rings is 1. The first-order valence-corrected chi connectivity index (χ1v) is 8.24. The maximum absolute atomic E-state index is 12.2. The molecule has 0 spiro atoms. The summed E-state index contributed by atoms with van der Waals surface area (Å²) in [5, 5.41) is 6.84. The second-order valence-corrected chi connectivity index (χ2v) is 6.11. The van der Waals surface area contributed by atoms with Crippen LogP contribution in [0.1, 0.15) is 23.4 Å². The van der Waals surface area contributed by atoms with Crippen molar-refractivity contribution in [1.29, 1.82) is 0 Å². The molecule has 0 bridgehead atoms. The van der Waals surface area contributed by atoms with Crippen molar-refractivity contribution in [2.75, 3.05) is 13.1 Å². The van der Waals surface area contributed by atoms with Gasteiger partial charge in [0.1, 0.15) is 6.10 Å². The van der Waals surface area contributed by atoms with E-state index in [4.69, 9.17) is 4.74 Å². The summed E-state index contributed by atoms with van der Waals surface area (Å²) < 4.78 is 9.58. The summed E-state index contributed by atoms with van der Waals surface area (Å²) in [6, 6.07) is 2.08. The van der Waals surface area contributed by atoms with Crippen LogP contribution in [0.2, 0.25) is 0 Å². The van der Waals surface area contributed by atoms with Gasteiger partial charge in [-0.05, 0) is 24.5 Å². The molecule has 2 aromatic heterocycles. The Morgan fingerprint density at radius 2 is 2.13 bits per heavy atom. The maximum Gasteiger partial charge on any atom is 0.317 e. The number of amides is 2. The zero-order valence-electron chi connectivity index (χ0n) is 12.8. The first-order valence-electron chi connectivity index (χ1n) is 7.46. The molecule has 0 radical (unpaired) electrons. The molecule has 0 atom stereocenters. The molecule has 122 valence electrons. The normalized spacial score (nSPS) is 15.4. The van der Waals surface area contributed by atoms with E-state index in [2.05, 4.69) is 24.9 Å². The molecule has 3 heterocycles. The van der Waals surface area contributed by atoms with E-state index in [-0.39, 0.29) is 12.1 Å². The van der Waals surface area contributed by atoms with E-state index < -0.39 is 0 Å². The number of nitrogens with one attached hydrogen (secondary N) is 1. The van der Waals surface area contributed by atoms with Crippen LogP contribution in [0.3, 0.4) is 0 Å². The summed E-state index contributed by atoms with van der Waals surface area (Å²) in [5.74, 6) is 0. The van der Waals surface area contributed by atoms with Crippen molar-refractivity contribution in [2.24, 2.45) is 0 Å². The fraction of sp³-hybridized carbons (Fsp3) is 0.500. The van der Waals surface area contributed by atoms with Crippen LogP contribution in [0.25, 0.3) is 0 Å². The number of carbonyl (C=O) groups is 1. The van der Waals surface area contributed by atoms with E-state index in [1.165, 1.54) is 11.5 Å². The van der Waals surface area contributed by atoms with Gasteiger partial charge in [0.15, 0.2) is 0 Å². The van der Waals surface area contributed by atoms with E-state index in [9.17, 15) is 4.79 Å². The number of aryl methyl sites for hydroxylation is 1. The van der Waals surface area contributed by atoms with Crippen LogP contribution in [0, 0.1) is 6.92 Å². The fourth-order valence-corrected chi connectivity index (χ4v) is 2.92. The molecule has 8 nitrogen and oxygen atoms in total. The van der Waals surface area contributed by atoms with Gasteiger partial charge >= 0.3 is 12.0 Å². The summed E-state index contributed by atoms with van der Waals surface area (Å²) >= 11 is 1.31. The minimum Gasteiger partial charge on any atom is -0.460 e. The third kappa shape index (κ3) is 4.13. The fourth-order valence-electron chi connectivity index (χ4n) is 2.35. The molecule has 2 aromatic rings. The molecule has 9 heteroatoms. The van der Waals surface area contributed by atoms with Crippen molar-refractivity contribution in [3.05, 3.63) is 29.0 Å². The highest BCUT2D eigenvalue weighted by Gasteiger charge is 2.24. The lowest BCUT2D eigenvalue weighted by Crippen LogP contribution is -2.46. The third-order valence-electron chi connectivity index (χ3n) is 3.69. The van der Waals surface area contributed by atoms with E-state index in [1.54, 1.807) is 23.4 Å². The lowest BCUT2D eigenvalue weighted by molar-refractivity contribution is 0.103. The lowest BCUT2D eigenvalue weighted by Gasteiger charge is -2.31. The first-order chi connectivity index (χ1) is 11.2. The number of carbonyl (C=O) groups excluding carboxylic acids is 1. The number of hydrogen-bond acceptors (Lipinski definition) is 7. The van der Waals surface area contributed by atoms with Gasteiger partial charge in [0.2, 0.25) is 0 Å². The van der Waals surface area contributed by atoms with Crippen LogP contribution in [-0.2, 0) is 6.54 Å². The molecule has 1 aliphatic rings. The predicted octanol–water partition coefficient (Wildman–Crippen LogP) is 1.39. The molecule has 3 rings (SSSR count). The minimum atomic E-state index is -0.0628. The second kappa shape index (κ2) is 7.32. The smallest absolute Gasteiger partial charge is 0.317 e. The zero-order valence-corrected chi connectivity index (χ0v) is 13.6. The summed E-state index contributed by atoms with van der Waals surface area (Å²) in [7, 11) is 0. The Bertz CT molecular complexity index is 642. The van der Waals surface area contributed by atoms with Gasteiger partial charge in [0.25, 0.3) is 0 Å². The molecular weight excluding hydrogens is 316 g/mol. The molecule has 2 amide bonds. The van der Waals surface area contributed by atoms with E-state index in [0.29, 0.717) is 25.6 Å². The number of ether oxygens (including phenoxy) is 1. The van der Waals surface area contributed by atoms with Crippen molar-refractivity contribution in [3.63, 3.8) is 0 Å². The summed E-state index contributed by atoms with van der Waals surface area (Å²) in [6.07, 6.45) is 4.90. The Morgan fingerprint density at radius 3 is 2.78 bits per heavy atom. The standard InChI is InChI=1S/C14H18N6O2S/c1-10-12(23-19-18-10)9-17-14(21)20-7-3-11(4-8-20)22-13-15-5-2-6-16-13/h2,5-6,11H,3-4,7-9H2,1H3,(H,17,21). The Kier molecular flexibility index (Phi) is 4.96. The van der Waals surface area contributed by atoms with Crippen LogP contribution in [0.4, 0.5) is 4.79 Å². The van der Waals surface area contributed by atoms with Crippen molar-refractivity contribution < 1.29 is 9.53 Å². The van der Waals surface area contributed by atoms with E-state index >= 15 is 0 Å². The molecular formula is C14H18N6O2S. The van der Waals surface area contributed by atoms with Gasteiger partial charge < -0.3 is 15.0 Å². The third-order valence-corrected chi connectivity index (χ3v) is 4.51. The monoisotopic (exact) mass is 334 g/mol. The molecule has 1 aliphatic heterocycles. The Balaban J connectivity index is 1.43. The van der Waals surface area contributed by atoms with E-state index in [0.717, 1.165) is 23.4 Å². The quantitative estimate of drug-likeness (QED) is 0.908. The number of rotatable bonds is 4. The number of urea groups is 1. The average molecular weight is 334 g/mol. The molecule has 0 aromatic carbocycles. The highest BCUT2D eigenvalue weighted by Crippen LogP contribution is 2.16. The van der Waals surface area contributed by atoms with Crippen molar-refractivity contribution in [1.82, 2.24) is 29.8 Å². The number of hydrogen-bond donors (Lipinski definition) is 1. The summed E-state index contributed by atoms with van der Waals surface area (Å²) in [4.78, 5) is 23.1. The molecule has 1 N–H and O–H groups in total. The molecule has 1 fully saturated rings. The average Bonchev–Trinajstić information content (AvgIpc) is 2.99. The molecule has 1 saturated heterocycles. The van der Waals surface area contributed by atoms with Crippen molar-refractivity contribution >= 4 is 17.6 Å². The topological polar surface area (TPSA) is 93.1 Å². The lowest BCUT2D eigenvalue weighted by atomic mass is 10.1. The van der Waals surface area contributed by atoms with Crippen LogP contribution in [0.15, 0.2) is 18.5 Å². The van der Waals surface area contributed by atoms with Crippen LogP contribution in [-0.4, -0.2) is 49.7 Å². The number of nitrogens with zero attached hydrogens (tertiary/aromatic N) is 5. The maximum atomic E-state index is 12.2. The van der Waals surface area contributed by atoms with Crippen molar-refractivity contribution in [3.8, 4) is 6.01 Å². The van der Waals surface area contributed by atoms with Gasteiger partial charge in [0, 0.05) is 38.3 Å².